The van der Waals surface area contributed by atoms with Crippen molar-refractivity contribution < 1.29 is 14.3 Å². The standard InChI is InChI=1S/C29H28N4O3S/c1-18-7-9-20(10-8-18)24-16-25(21-11-13-23(36-3)14-12-21)33(32-24)29-31-28(35)26(37-29)17-27(34)30-22-6-4-5-19(2)15-22/h4-15,25-26H,16-17H2,1-3H3,(H,30,34)/t25-,26+/m0/s1. The highest BCUT2D eigenvalue weighted by Gasteiger charge is 2.39. The van der Waals surface area contributed by atoms with Crippen molar-refractivity contribution in [2.75, 3.05) is 12.4 Å². The third kappa shape index (κ3) is 5.59. The lowest BCUT2D eigenvalue weighted by molar-refractivity contribution is -0.121. The van der Waals surface area contributed by atoms with Crippen LogP contribution in [-0.4, -0.2) is 40.1 Å². The average molecular weight is 513 g/mol. The zero-order valence-corrected chi connectivity index (χ0v) is 21.8. The molecule has 0 saturated heterocycles. The fourth-order valence-corrected chi connectivity index (χ4v) is 5.46. The molecule has 0 bridgehead atoms. The van der Waals surface area contributed by atoms with Crippen molar-refractivity contribution in [2.24, 2.45) is 10.1 Å². The minimum absolute atomic E-state index is 0.0417. The van der Waals surface area contributed by atoms with Crippen LogP contribution in [0.3, 0.4) is 0 Å². The van der Waals surface area contributed by atoms with Crippen molar-refractivity contribution in [1.82, 2.24) is 5.01 Å². The third-order valence-corrected chi connectivity index (χ3v) is 7.54. The van der Waals surface area contributed by atoms with Gasteiger partial charge >= 0.3 is 0 Å². The normalized spacial score (nSPS) is 19.0. The molecule has 5 rings (SSSR count). The summed E-state index contributed by atoms with van der Waals surface area (Å²) in [5.74, 6) is 0.243. The summed E-state index contributed by atoms with van der Waals surface area (Å²) in [6.45, 7) is 4.02. The maximum atomic E-state index is 12.8. The first-order chi connectivity index (χ1) is 17.9. The number of amidine groups is 1. The molecule has 0 saturated carbocycles. The summed E-state index contributed by atoms with van der Waals surface area (Å²) in [5.41, 5.74) is 5.96. The van der Waals surface area contributed by atoms with E-state index in [1.54, 1.807) is 7.11 Å². The van der Waals surface area contributed by atoms with Crippen molar-refractivity contribution in [3.63, 3.8) is 0 Å². The van der Waals surface area contributed by atoms with Gasteiger partial charge in [0.1, 0.15) is 11.0 Å². The van der Waals surface area contributed by atoms with Crippen LogP contribution in [0, 0.1) is 13.8 Å². The van der Waals surface area contributed by atoms with Crippen LogP contribution in [0.4, 0.5) is 5.69 Å². The number of hydrogen-bond acceptors (Lipinski definition) is 6. The number of benzene rings is 3. The highest BCUT2D eigenvalue weighted by Crippen LogP contribution is 2.39. The van der Waals surface area contributed by atoms with Crippen molar-refractivity contribution in [3.05, 3.63) is 95.1 Å². The lowest BCUT2D eigenvalue weighted by Crippen LogP contribution is -2.25. The first-order valence-electron chi connectivity index (χ1n) is 12.1. The van der Waals surface area contributed by atoms with Crippen molar-refractivity contribution >= 4 is 40.1 Å². The molecule has 0 unspecified atom stereocenters. The first kappa shape index (κ1) is 24.8. The van der Waals surface area contributed by atoms with Gasteiger partial charge in [-0.2, -0.15) is 10.1 Å². The summed E-state index contributed by atoms with van der Waals surface area (Å²) in [7, 11) is 1.64. The van der Waals surface area contributed by atoms with Gasteiger partial charge in [0.2, 0.25) is 5.91 Å². The molecule has 2 atom stereocenters. The molecule has 2 heterocycles. The van der Waals surface area contributed by atoms with Gasteiger partial charge in [0.05, 0.1) is 18.9 Å². The number of aliphatic imine (C=N–C) groups is 1. The molecule has 0 radical (unpaired) electrons. The minimum Gasteiger partial charge on any atom is -0.497 e. The van der Waals surface area contributed by atoms with Crippen molar-refractivity contribution in [3.8, 4) is 5.75 Å². The number of methoxy groups -OCH3 is 1. The maximum Gasteiger partial charge on any atom is 0.262 e. The number of hydrazone groups is 1. The van der Waals surface area contributed by atoms with Gasteiger partial charge < -0.3 is 10.1 Å². The molecule has 0 aliphatic carbocycles. The number of anilines is 1. The number of amides is 2. The van der Waals surface area contributed by atoms with Gasteiger partial charge in [0, 0.05) is 18.5 Å². The fourth-order valence-electron chi connectivity index (χ4n) is 4.40. The highest BCUT2D eigenvalue weighted by molar-refractivity contribution is 8.15. The van der Waals surface area contributed by atoms with E-state index in [0.717, 1.165) is 28.2 Å². The largest absolute Gasteiger partial charge is 0.497 e. The second-order valence-corrected chi connectivity index (χ2v) is 10.4. The van der Waals surface area contributed by atoms with E-state index in [-0.39, 0.29) is 24.3 Å². The number of thioether (sulfide) groups is 1. The Labute approximate surface area is 220 Å². The van der Waals surface area contributed by atoms with E-state index >= 15 is 0 Å². The summed E-state index contributed by atoms with van der Waals surface area (Å²) in [5, 5.41) is 9.55. The second kappa shape index (κ2) is 10.6. The van der Waals surface area contributed by atoms with E-state index in [0.29, 0.717) is 17.3 Å². The Bertz CT molecular complexity index is 1380. The Morgan fingerprint density at radius 3 is 2.51 bits per heavy atom. The number of nitrogens with zero attached hydrogens (tertiary/aromatic N) is 3. The predicted molar refractivity (Wildman–Crippen MR) is 148 cm³/mol. The lowest BCUT2D eigenvalue weighted by atomic mass is 9.98. The molecule has 8 heteroatoms. The van der Waals surface area contributed by atoms with Crippen LogP contribution in [0.2, 0.25) is 0 Å². The summed E-state index contributed by atoms with van der Waals surface area (Å²) < 4.78 is 5.32. The third-order valence-electron chi connectivity index (χ3n) is 6.39. The Hall–Kier alpha value is -3.91. The van der Waals surface area contributed by atoms with Gasteiger partial charge in [-0.3, -0.25) is 9.59 Å². The molecule has 3 aromatic carbocycles. The molecule has 0 fully saturated rings. The zero-order valence-electron chi connectivity index (χ0n) is 21.0. The van der Waals surface area contributed by atoms with Crippen LogP contribution in [0.1, 0.15) is 41.1 Å². The van der Waals surface area contributed by atoms with Gasteiger partial charge in [0.25, 0.3) is 5.91 Å². The van der Waals surface area contributed by atoms with Crippen molar-refractivity contribution in [1.29, 1.82) is 0 Å². The first-order valence-corrected chi connectivity index (χ1v) is 13.0. The van der Waals surface area contributed by atoms with Gasteiger partial charge in [-0.25, -0.2) is 5.01 Å². The summed E-state index contributed by atoms with van der Waals surface area (Å²) >= 11 is 1.30. The minimum atomic E-state index is -0.588. The Kier molecular flexibility index (Phi) is 7.10. The quantitative estimate of drug-likeness (QED) is 0.472. The Morgan fingerprint density at radius 1 is 1.05 bits per heavy atom. The lowest BCUT2D eigenvalue weighted by Gasteiger charge is -2.23. The van der Waals surface area contributed by atoms with E-state index in [9.17, 15) is 9.59 Å². The molecular formula is C29H28N4O3S. The van der Waals surface area contributed by atoms with E-state index in [2.05, 4.69) is 41.5 Å². The van der Waals surface area contributed by atoms with E-state index in [1.165, 1.54) is 17.3 Å². The van der Waals surface area contributed by atoms with Crippen LogP contribution >= 0.6 is 11.8 Å². The zero-order chi connectivity index (χ0) is 25.9. The van der Waals surface area contributed by atoms with Crippen LogP contribution < -0.4 is 10.1 Å². The molecule has 3 aromatic rings. The smallest absolute Gasteiger partial charge is 0.262 e. The van der Waals surface area contributed by atoms with E-state index in [4.69, 9.17) is 9.84 Å². The fraction of sp³-hybridized carbons (Fsp3) is 0.241. The Balaban J connectivity index is 1.35. The number of aryl methyl sites for hydroxylation is 2. The molecule has 188 valence electrons. The average Bonchev–Trinajstić information content (AvgIpc) is 3.48. The number of hydrogen-bond donors (Lipinski definition) is 1. The summed E-state index contributed by atoms with van der Waals surface area (Å²) in [4.78, 5) is 29.8. The summed E-state index contributed by atoms with van der Waals surface area (Å²) in [6, 6.07) is 23.6. The van der Waals surface area contributed by atoms with Gasteiger partial charge in [-0.1, -0.05) is 65.9 Å². The number of carbonyl (C=O) groups is 2. The molecule has 2 aliphatic rings. The van der Waals surface area contributed by atoms with Crippen LogP contribution in [0.25, 0.3) is 0 Å². The monoisotopic (exact) mass is 512 g/mol. The molecule has 2 amide bonds. The van der Waals surface area contributed by atoms with Crippen molar-refractivity contribution in [2.45, 2.75) is 38.0 Å². The van der Waals surface area contributed by atoms with Gasteiger partial charge in [-0.05, 0) is 54.8 Å². The van der Waals surface area contributed by atoms with Crippen LogP contribution in [-0.2, 0) is 9.59 Å². The molecule has 1 N–H and O–H groups in total. The second-order valence-electron chi connectivity index (χ2n) is 9.21. The molecule has 37 heavy (non-hydrogen) atoms. The number of nitrogens with one attached hydrogen (secondary N) is 1. The molecule has 0 spiro atoms. The van der Waals surface area contributed by atoms with Gasteiger partial charge in [-0.15, -0.1) is 0 Å². The number of rotatable bonds is 6. The molecule has 7 nitrogen and oxygen atoms in total. The summed E-state index contributed by atoms with van der Waals surface area (Å²) in [6.07, 6.45) is 0.710. The van der Waals surface area contributed by atoms with E-state index < -0.39 is 5.25 Å². The Morgan fingerprint density at radius 2 is 1.81 bits per heavy atom. The molecule has 2 aliphatic heterocycles. The molecular weight excluding hydrogens is 484 g/mol. The number of ether oxygens (including phenoxy) is 1. The van der Waals surface area contributed by atoms with Gasteiger partial charge in [0.15, 0.2) is 5.17 Å². The highest BCUT2D eigenvalue weighted by atomic mass is 32.2. The predicted octanol–water partition coefficient (Wildman–Crippen LogP) is 5.49. The van der Waals surface area contributed by atoms with Crippen LogP contribution in [0.15, 0.2) is 82.9 Å². The van der Waals surface area contributed by atoms with E-state index in [1.807, 2.05) is 60.5 Å². The SMILES string of the molecule is COc1ccc([C@@H]2CC(c3ccc(C)cc3)=NN2C2=NC(=O)[C@@H](CC(=O)Nc3cccc(C)c3)S2)cc1. The van der Waals surface area contributed by atoms with Crippen LogP contribution in [0.5, 0.6) is 5.75 Å². The molecule has 0 aromatic heterocycles. The number of carbonyl (C=O) groups excluding carboxylic acids is 2. The topological polar surface area (TPSA) is 83.4 Å². The maximum absolute atomic E-state index is 12.8.